The van der Waals surface area contributed by atoms with Crippen molar-refractivity contribution in [1.82, 2.24) is 9.88 Å². The Morgan fingerprint density at radius 3 is 2.88 bits per heavy atom. The molecule has 0 aliphatic carbocycles. The van der Waals surface area contributed by atoms with Crippen molar-refractivity contribution >= 4 is 10.9 Å². The fourth-order valence-corrected chi connectivity index (χ4v) is 2.18. The minimum atomic E-state index is 0.346. The first-order valence-electron chi connectivity index (χ1n) is 5.67. The van der Waals surface area contributed by atoms with Gasteiger partial charge in [-0.15, -0.1) is 0 Å². The number of benzene rings is 1. The van der Waals surface area contributed by atoms with Gasteiger partial charge in [-0.1, -0.05) is 0 Å². The standard InChI is InChI=1S/C13H16N2O/c1-9-8-15(2)13-5-10(3-4-12(9)13)16-11-6-14-7-11/h3-5,8,11,14H,6-7H2,1-2H3. The molecule has 0 amide bonds. The van der Waals surface area contributed by atoms with Gasteiger partial charge in [0.1, 0.15) is 11.9 Å². The summed E-state index contributed by atoms with van der Waals surface area (Å²) in [6, 6.07) is 6.33. The van der Waals surface area contributed by atoms with Crippen LogP contribution in [-0.4, -0.2) is 23.8 Å². The third-order valence-corrected chi connectivity index (χ3v) is 3.21. The Kier molecular flexibility index (Phi) is 2.14. The number of hydrogen-bond acceptors (Lipinski definition) is 2. The van der Waals surface area contributed by atoms with Gasteiger partial charge in [0.25, 0.3) is 0 Å². The van der Waals surface area contributed by atoms with Crippen LogP contribution in [0.1, 0.15) is 5.56 Å². The van der Waals surface area contributed by atoms with E-state index in [-0.39, 0.29) is 0 Å². The summed E-state index contributed by atoms with van der Waals surface area (Å²) in [5.74, 6) is 0.972. The second kappa shape index (κ2) is 3.52. The highest BCUT2D eigenvalue weighted by atomic mass is 16.5. The molecular weight excluding hydrogens is 200 g/mol. The summed E-state index contributed by atoms with van der Waals surface area (Å²) in [5.41, 5.74) is 2.55. The maximum atomic E-state index is 5.85. The minimum absolute atomic E-state index is 0.346. The molecular formula is C13H16N2O. The second-order valence-corrected chi connectivity index (χ2v) is 4.50. The van der Waals surface area contributed by atoms with Crippen LogP contribution in [0.5, 0.6) is 5.75 Å². The third kappa shape index (κ3) is 1.48. The van der Waals surface area contributed by atoms with E-state index >= 15 is 0 Å². The highest BCUT2D eigenvalue weighted by molar-refractivity contribution is 5.84. The molecule has 0 bridgehead atoms. The van der Waals surface area contributed by atoms with Crippen molar-refractivity contribution in [2.24, 2.45) is 7.05 Å². The number of aryl methyl sites for hydroxylation is 2. The number of nitrogens with one attached hydrogen (secondary N) is 1. The number of hydrogen-bond donors (Lipinski definition) is 1. The number of fused-ring (bicyclic) bond motifs is 1. The third-order valence-electron chi connectivity index (χ3n) is 3.21. The molecule has 1 N–H and O–H groups in total. The first-order chi connectivity index (χ1) is 7.74. The molecule has 1 aromatic heterocycles. The zero-order valence-corrected chi connectivity index (χ0v) is 9.66. The molecule has 2 heterocycles. The highest BCUT2D eigenvalue weighted by Gasteiger charge is 2.18. The molecule has 0 atom stereocenters. The Labute approximate surface area is 95.0 Å². The van der Waals surface area contributed by atoms with Crippen molar-refractivity contribution in [2.45, 2.75) is 13.0 Å². The summed E-state index contributed by atoms with van der Waals surface area (Å²) in [7, 11) is 2.07. The Balaban J connectivity index is 1.97. The molecule has 84 valence electrons. The molecule has 3 nitrogen and oxygen atoms in total. The summed E-state index contributed by atoms with van der Waals surface area (Å²) in [6.07, 6.45) is 2.50. The van der Waals surface area contributed by atoms with Gasteiger partial charge in [-0.2, -0.15) is 0 Å². The molecule has 3 heteroatoms. The van der Waals surface area contributed by atoms with E-state index < -0.39 is 0 Å². The minimum Gasteiger partial charge on any atom is -0.488 e. The van der Waals surface area contributed by atoms with Crippen LogP contribution < -0.4 is 10.1 Å². The van der Waals surface area contributed by atoms with Crippen LogP contribution in [0.3, 0.4) is 0 Å². The summed E-state index contributed by atoms with van der Waals surface area (Å²) < 4.78 is 8.00. The van der Waals surface area contributed by atoms with Gasteiger partial charge < -0.3 is 14.6 Å². The van der Waals surface area contributed by atoms with Crippen molar-refractivity contribution in [1.29, 1.82) is 0 Å². The van der Waals surface area contributed by atoms with Gasteiger partial charge in [0.2, 0.25) is 0 Å². The van der Waals surface area contributed by atoms with Crippen LogP contribution in [0.4, 0.5) is 0 Å². The van der Waals surface area contributed by atoms with Crippen LogP contribution in [0, 0.1) is 6.92 Å². The lowest BCUT2D eigenvalue weighted by Crippen LogP contribution is -2.50. The summed E-state index contributed by atoms with van der Waals surface area (Å²) in [4.78, 5) is 0. The second-order valence-electron chi connectivity index (χ2n) is 4.50. The van der Waals surface area contributed by atoms with E-state index in [1.54, 1.807) is 0 Å². The fourth-order valence-electron chi connectivity index (χ4n) is 2.18. The van der Waals surface area contributed by atoms with Crippen LogP contribution in [0.2, 0.25) is 0 Å². The van der Waals surface area contributed by atoms with Crippen molar-refractivity contribution in [3.63, 3.8) is 0 Å². The average Bonchev–Trinajstić information content (AvgIpc) is 2.49. The SMILES string of the molecule is Cc1cn(C)c2cc(OC3CNC3)ccc12. The first kappa shape index (κ1) is 9.73. The number of aromatic nitrogens is 1. The highest BCUT2D eigenvalue weighted by Crippen LogP contribution is 2.25. The number of nitrogens with zero attached hydrogens (tertiary/aromatic N) is 1. The largest absolute Gasteiger partial charge is 0.488 e. The molecule has 1 aliphatic heterocycles. The zero-order chi connectivity index (χ0) is 11.1. The topological polar surface area (TPSA) is 26.2 Å². The molecule has 0 unspecified atom stereocenters. The maximum Gasteiger partial charge on any atom is 0.123 e. The van der Waals surface area contributed by atoms with Crippen LogP contribution in [0.15, 0.2) is 24.4 Å². The molecule has 1 saturated heterocycles. The smallest absolute Gasteiger partial charge is 0.123 e. The van der Waals surface area contributed by atoms with Gasteiger partial charge >= 0.3 is 0 Å². The van der Waals surface area contributed by atoms with Crippen LogP contribution >= 0.6 is 0 Å². The van der Waals surface area contributed by atoms with Crippen molar-refractivity contribution in [2.75, 3.05) is 13.1 Å². The number of ether oxygens (including phenoxy) is 1. The fraction of sp³-hybridized carbons (Fsp3) is 0.385. The van der Waals surface area contributed by atoms with Crippen LogP contribution in [-0.2, 0) is 7.05 Å². The van der Waals surface area contributed by atoms with E-state index in [1.165, 1.54) is 16.5 Å². The molecule has 3 rings (SSSR count). The first-order valence-corrected chi connectivity index (χ1v) is 5.67. The van der Waals surface area contributed by atoms with Crippen molar-refractivity contribution in [3.8, 4) is 5.75 Å². The molecule has 16 heavy (non-hydrogen) atoms. The monoisotopic (exact) mass is 216 g/mol. The van der Waals surface area contributed by atoms with E-state index in [2.05, 4.69) is 48.3 Å². The Hall–Kier alpha value is -1.48. The normalized spacial score (nSPS) is 16.4. The van der Waals surface area contributed by atoms with Crippen molar-refractivity contribution < 1.29 is 4.74 Å². The van der Waals surface area contributed by atoms with E-state index in [0.717, 1.165) is 18.8 Å². The van der Waals surface area contributed by atoms with Gasteiger partial charge in [-0.05, 0) is 24.6 Å². The molecule has 1 aromatic carbocycles. The Morgan fingerprint density at radius 1 is 1.38 bits per heavy atom. The average molecular weight is 216 g/mol. The van der Waals surface area contributed by atoms with E-state index in [1.807, 2.05) is 0 Å². The number of rotatable bonds is 2. The predicted octanol–water partition coefficient (Wildman–Crippen LogP) is 1.84. The molecule has 1 fully saturated rings. The molecule has 0 saturated carbocycles. The maximum absolute atomic E-state index is 5.85. The van der Waals surface area contributed by atoms with Gasteiger partial charge in [0.15, 0.2) is 0 Å². The summed E-state index contributed by atoms with van der Waals surface area (Å²) in [5, 5.41) is 4.51. The lowest BCUT2D eigenvalue weighted by atomic mass is 10.2. The van der Waals surface area contributed by atoms with E-state index in [4.69, 9.17) is 4.74 Å². The Bertz CT molecular complexity index is 526. The van der Waals surface area contributed by atoms with E-state index in [0.29, 0.717) is 6.10 Å². The van der Waals surface area contributed by atoms with Gasteiger partial charge in [-0.3, -0.25) is 0 Å². The summed E-state index contributed by atoms with van der Waals surface area (Å²) in [6.45, 7) is 4.06. The van der Waals surface area contributed by atoms with Crippen molar-refractivity contribution in [3.05, 3.63) is 30.0 Å². The van der Waals surface area contributed by atoms with Crippen LogP contribution in [0.25, 0.3) is 10.9 Å². The molecule has 0 spiro atoms. The van der Waals surface area contributed by atoms with Gasteiger partial charge in [0.05, 0.1) is 5.52 Å². The lowest BCUT2D eigenvalue weighted by molar-refractivity contribution is 0.142. The molecule has 1 aliphatic rings. The predicted molar refractivity (Wildman–Crippen MR) is 64.9 cm³/mol. The molecule has 2 aromatic rings. The zero-order valence-electron chi connectivity index (χ0n) is 9.66. The molecule has 0 radical (unpaired) electrons. The Morgan fingerprint density at radius 2 is 2.19 bits per heavy atom. The van der Waals surface area contributed by atoms with E-state index in [9.17, 15) is 0 Å². The van der Waals surface area contributed by atoms with Gasteiger partial charge in [-0.25, -0.2) is 0 Å². The summed E-state index contributed by atoms with van der Waals surface area (Å²) >= 11 is 0. The quantitative estimate of drug-likeness (QED) is 0.829. The lowest BCUT2D eigenvalue weighted by Gasteiger charge is -2.27. The van der Waals surface area contributed by atoms with Gasteiger partial charge in [0, 0.05) is 37.8 Å².